The average Bonchev–Trinajstić information content (AvgIpc) is 3.19. The molecule has 1 unspecified atom stereocenters. The van der Waals surface area contributed by atoms with Crippen LogP contribution < -0.4 is 19.8 Å². The summed E-state index contributed by atoms with van der Waals surface area (Å²) in [6.45, 7) is 4.26. The van der Waals surface area contributed by atoms with Crippen molar-refractivity contribution in [3.63, 3.8) is 0 Å². The summed E-state index contributed by atoms with van der Waals surface area (Å²) in [5.41, 5.74) is 1.40. The van der Waals surface area contributed by atoms with Crippen LogP contribution in [0.1, 0.15) is 43.7 Å². The van der Waals surface area contributed by atoms with E-state index in [0.29, 0.717) is 58.0 Å². The van der Waals surface area contributed by atoms with Crippen molar-refractivity contribution in [1.29, 1.82) is 0 Å². The third-order valence-electron chi connectivity index (χ3n) is 6.21. The number of fused-ring (bicyclic) bond motifs is 4. The van der Waals surface area contributed by atoms with Crippen molar-refractivity contribution >= 4 is 16.8 Å². The van der Waals surface area contributed by atoms with Gasteiger partial charge >= 0.3 is 5.63 Å². The van der Waals surface area contributed by atoms with E-state index < -0.39 is 11.5 Å². The van der Waals surface area contributed by atoms with Gasteiger partial charge in [0.05, 0.1) is 16.9 Å². The van der Waals surface area contributed by atoms with Gasteiger partial charge in [-0.3, -0.25) is 4.79 Å². The van der Waals surface area contributed by atoms with Crippen LogP contribution in [0.25, 0.3) is 11.0 Å². The van der Waals surface area contributed by atoms with Gasteiger partial charge in [-0.05, 0) is 35.2 Å². The third kappa shape index (κ3) is 2.71. The molecule has 2 aliphatic heterocycles. The predicted molar refractivity (Wildman–Crippen MR) is 113 cm³/mol. The molecule has 0 saturated carbocycles. The maximum Gasteiger partial charge on any atom is 0.344 e. The molecule has 0 radical (unpaired) electrons. The summed E-state index contributed by atoms with van der Waals surface area (Å²) in [5, 5.41) is 0.713. The van der Waals surface area contributed by atoms with E-state index in [0.717, 1.165) is 5.56 Å². The van der Waals surface area contributed by atoms with Crippen LogP contribution in [0, 0.1) is 5.41 Å². The molecule has 0 N–H and O–H groups in total. The summed E-state index contributed by atoms with van der Waals surface area (Å²) < 4.78 is 23.0. The molecule has 1 atom stereocenters. The largest absolute Gasteiger partial charge is 0.460 e. The van der Waals surface area contributed by atoms with E-state index in [1.54, 1.807) is 6.07 Å². The van der Waals surface area contributed by atoms with Crippen LogP contribution in [0.4, 0.5) is 0 Å². The first-order chi connectivity index (χ1) is 14.9. The molecule has 1 aromatic heterocycles. The highest BCUT2D eigenvalue weighted by molar-refractivity contribution is 6.01. The number of carbonyl (C=O) groups is 1. The lowest BCUT2D eigenvalue weighted by molar-refractivity contribution is -0.118. The predicted octanol–water partition coefficient (Wildman–Crippen LogP) is 4.69. The molecule has 6 rings (SSSR count). The van der Waals surface area contributed by atoms with E-state index in [4.69, 9.17) is 18.6 Å². The van der Waals surface area contributed by atoms with E-state index in [-0.39, 0.29) is 18.0 Å². The monoisotopic (exact) mass is 416 g/mol. The Morgan fingerprint density at radius 2 is 1.77 bits per heavy atom. The Balaban J connectivity index is 1.66. The van der Waals surface area contributed by atoms with Gasteiger partial charge in [0.2, 0.25) is 6.79 Å². The smallest absolute Gasteiger partial charge is 0.344 e. The van der Waals surface area contributed by atoms with Crippen molar-refractivity contribution in [3.05, 3.63) is 75.3 Å². The fourth-order valence-electron chi connectivity index (χ4n) is 4.88. The van der Waals surface area contributed by atoms with E-state index in [1.807, 2.05) is 36.4 Å². The van der Waals surface area contributed by atoms with Gasteiger partial charge in [-0.1, -0.05) is 32.0 Å². The Labute approximate surface area is 178 Å². The zero-order valence-electron chi connectivity index (χ0n) is 17.2. The number of para-hydroxylation sites is 1. The van der Waals surface area contributed by atoms with Gasteiger partial charge in [0.15, 0.2) is 17.3 Å². The molecule has 1 aliphatic carbocycles. The Morgan fingerprint density at radius 3 is 2.65 bits per heavy atom. The second kappa shape index (κ2) is 6.23. The minimum absolute atomic E-state index is 0.00729. The van der Waals surface area contributed by atoms with Crippen molar-refractivity contribution in [2.45, 2.75) is 32.6 Å². The van der Waals surface area contributed by atoms with Crippen molar-refractivity contribution in [1.82, 2.24) is 0 Å². The standard InChI is InChI=1S/C25H20O6/c1-25(2)10-15(26)21-19(11-25)30-23-14-5-3-4-6-16(14)31-24(27)22(23)20(21)13-7-8-17-18(9-13)29-12-28-17/h3-9,20H,10-12H2,1-2H3. The number of ether oxygens (including phenoxy) is 3. The van der Waals surface area contributed by atoms with Crippen molar-refractivity contribution < 1.29 is 23.4 Å². The quantitative estimate of drug-likeness (QED) is 0.536. The Morgan fingerprint density at radius 1 is 0.968 bits per heavy atom. The molecule has 156 valence electrons. The second-order valence-corrected chi connectivity index (χ2v) is 9.05. The highest BCUT2D eigenvalue weighted by Crippen LogP contribution is 2.51. The summed E-state index contributed by atoms with van der Waals surface area (Å²) in [5.74, 6) is 1.75. The van der Waals surface area contributed by atoms with Crippen molar-refractivity contribution in [2.75, 3.05) is 6.79 Å². The first-order valence-electron chi connectivity index (χ1n) is 10.3. The SMILES string of the molecule is CC1(C)CC(=O)C2=C(C1)Oc1c(c(=O)oc3ccccc13)C2c1ccc2c(c1)OCO2. The first-order valence-corrected chi connectivity index (χ1v) is 10.3. The number of carbonyl (C=O) groups excluding carboxylic acids is 1. The lowest BCUT2D eigenvalue weighted by Crippen LogP contribution is -2.34. The van der Waals surface area contributed by atoms with Crippen molar-refractivity contribution in [2.24, 2.45) is 5.41 Å². The Kier molecular flexibility index (Phi) is 3.67. The van der Waals surface area contributed by atoms with Crippen LogP contribution >= 0.6 is 0 Å². The summed E-state index contributed by atoms with van der Waals surface area (Å²) >= 11 is 0. The summed E-state index contributed by atoms with van der Waals surface area (Å²) in [6.07, 6.45) is 1.01. The summed E-state index contributed by atoms with van der Waals surface area (Å²) in [7, 11) is 0. The number of hydrogen-bond acceptors (Lipinski definition) is 6. The summed E-state index contributed by atoms with van der Waals surface area (Å²) in [4.78, 5) is 26.5. The zero-order chi connectivity index (χ0) is 21.3. The minimum Gasteiger partial charge on any atom is -0.460 e. The number of ketones is 1. The lowest BCUT2D eigenvalue weighted by atomic mass is 9.70. The molecule has 3 aliphatic rings. The highest BCUT2D eigenvalue weighted by Gasteiger charge is 2.44. The van der Waals surface area contributed by atoms with Crippen LogP contribution in [0.15, 0.2) is 63.0 Å². The molecule has 6 heteroatoms. The van der Waals surface area contributed by atoms with Gasteiger partial charge in [-0.2, -0.15) is 0 Å². The number of Topliss-reactive ketones (excluding diaryl/α,β-unsaturated/α-hetero) is 1. The molecular formula is C25H20O6. The van der Waals surface area contributed by atoms with Gasteiger partial charge in [0, 0.05) is 18.4 Å². The van der Waals surface area contributed by atoms with Gasteiger partial charge in [-0.25, -0.2) is 4.79 Å². The molecular weight excluding hydrogens is 396 g/mol. The Hall–Kier alpha value is -3.54. The van der Waals surface area contributed by atoms with Gasteiger partial charge in [-0.15, -0.1) is 0 Å². The molecule has 3 aromatic rings. The molecule has 0 saturated heterocycles. The van der Waals surface area contributed by atoms with Crippen LogP contribution in [-0.4, -0.2) is 12.6 Å². The molecule has 31 heavy (non-hydrogen) atoms. The molecule has 3 heterocycles. The minimum atomic E-state index is -0.585. The molecule has 2 aromatic carbocycles. The van der Waals surface area contributed by atoms with Crippen LogP contribution in [0.2, 0.25) is 0 Å². The number of rotatable bonds is 1. The van der Waals surface area contributed by atoms with E-state index >= 15 is 0 Å². The maximum atomic E-state index is 13.3. The topological polar surface area (TPSA) is 75.0 Å². The van der Waals surface area contributed by atoms with Crippen molar-refractivity contribution in [3.8, 4) is 17.2 Å². The van der Waals surface area contributed by atoms with Crippen LogP contribution in [0.3, 0.4) is 0 Å². The number of benzene rings is 2. The summed E-state index contributed by atoms with van der Waals surface area (Å²) in [6, 6.07) is 12.8. The molecule has 0 bridgehead atoms. The maximum absolute atomic E-state index is 13.3. The normalized spacial score (nSPS) is 21.0. The Bertz CT molecular complexity index is 1360. The van der Waals surface area contributed by atoms with E-state index in [9.17, 15) is 9.59 Å². The molecule has 0 amide bonds. The molecule has 6 nitrogen and oxygen atoms in total. The number of hydrogen-bond donors (Lipinski definition) is 0. The highest BCUT2D eigenvalue weighted by atomic mass is 16.7. The van der Waals surface area contributed by atoms with Gasteiger partial charge in [0.25, 0.3) is 0 Å². The molecule has 0 fully saturated rings. The van der Waals surface area contributed by atoms with E-state index in [1.165, 1.54) is 0 Å². The number of allylic oxidation sites excluding steroid dienone is 2. The average molecular weight is 416 g/mol. The zero-order valence-corrected chi connectivity index (χ0v) is 17.2. The fraction of sp³-hybridized carbons (Fsp3) is 0.280. The molecule has 0 spiro atoms. The van der Waals surface area contributed by atoms with Gasteiger partial charge in [0.1, 0.15) is 17.1 Å². The first kappa shape index (κ1) is 18.2. The van der Waals surface area contributed by atoms with Crippen LogP contribution in [0.5, 0.6) is 17.2 Å². The second-order valence-electron chi connectivity index (χ2n) is 9.05. The fourth-order valence-corrected chi connectivity index (χ4v) is 4.88. The third-order valence-corrected chi connectivity index (χ3v) is 6.21. The lowest BCUT2D eigenvalue weighted by Gasteiger charge is -2.38. The van der Waals surface area contributed by atoms with Gasteiger partial charge < -0.3 is 18.6 Å². The van der Waals surface area contributed by atoms with E-state index in [2.05, 4.69) is 13.8 Å². The van der Waals surface area contributed by atoms with Crippen LogP contribution in [-0.2, 0) is 4.79 Å².